The van der Waals surface area contributed by atoms with Gasteiger partial charge in [0.15, 0.2) is 0 Å². The summed E-state index contributed by atoms with van der Waals surface area (Å²) in [6.45, 7) is 0. The Morgan fingerprint density at radius 1 is 0.395 bits per heavy atom. The van der Waals surface area contributed by atoms with Crippen LogP contribution in [0.3, 0.4) is 0 Å². The molecule has 0 spiro atoms. The first-order valence-corrected chi connectivity index (χ1v) is 12.7. The van der Waals surface area contributed by atoms with Crippen LogP contribution < -0.4 is 0 Å². The predicted molar refractivity (Wildman–Crippen MR) is 183 cm³/mol. The third-order valence-electron chi connectivity index (χ3n) is 7.00. The minimum absolute atomic E-state index is 0.540. The van der Waals surface area contributed by atoms with Crippen molar-refractivity contribution in [2.45, 2.75) is 0 Å². The molecule has 0 unspecified atom stereocenters. The topological polar surface area (TPSA) is 13.1 Å². The van der Waals surface area contributed by atoms with E-state index < -0.39 is 245 Å². The van der Waals surface area contributed by atoms with Crippen molar-refractivity contribution in [3.05, 3.63) is 157 Å². The Balaban J connectivity index is 1.61. The molecule has 43 heavy (non-hydrogen) atoms. The molecule has 9 rings (SSSR count). The summed E-state index contributed by atoms with van der Waals surface area (Å²) in [5.74, 6) is 0. The highest BCUT2D eigenvalue weighted by molar-refractivity contribution is 6.27. The van der Waals surface area contributed by atoms with Crippen molar-refractivity contribution in [1.29, 1.82) is 0 Å². The normalized spacial score (nSPS) is 20.2. The van der Waals surface area contributed by atoms with Crippen molar-refractivity contribution in [3.8, 4) is 33.4 Å². The molecule has 9 aromatic rings. The summed E-state index contributed by atoms with van der Waals surface area (Å²) < 4.78 is 237. The van der Waals surface area contributed by atoms with Gasteiger partial charge in [0.25, 0.3) is 0 Å². The lowest BCUT2D eigenvalue weighted by molar-refractivity contribution is 0.673. The molecule has 0 saturated heterocycles. The zero-order valence-electron chi connectivity index (χ0n) is 47.4. The van der Waals surface area contributed by atoms with Crippen LogP contribution in [-0.4, -0.2) is 0 Å². The molecule has 0 aliphatic rings. The van der Waals surface area contributed by atoms with Gasteiger partial charge in [0.1, 0.15) is 11.2 Å². The Labute approximate surface area is 285 Å². The van der Waals surface area contributed by atoms with Gasteiger partial charge in [-0.05, 0) is 84.5 Å². The summed E-state index contributed by atoms with van der Waals surface area (Å²) in [5, 5.41) is -4.91. The van der Waals surface area contributed by atoms with Gasteiger partial charge in [-0.2, -0.15) is 0 Å². The second kappa shape index (κ2) is 9.44. The molecule has 1 nitrogen and oxygen atoms in total. The molecular formula is C42H26O. The molecule has 8 aromatic carbocycles. The van der Waals surface area contributed by atoms with Gasteiger partial charge in [-0.1, -0.05) is 133 Å². The van der Waals surface area contributed by atoms with Crippen molar-refractivity contribution < 1.29 is 40.1 Å². The van der Waals surface area contributed by atoms with E-state index in [9.17, 15) is 12.3 Å². The predicted octanol–water partition coefficient (Wildman–Crippen LogP) is 12.0. The van der Waals surface area contributed by atoms with Crippen LogP contribution >= 0.6 is 0 Å². The van der Waals surface area contributed by atoms with E-state index in [2.05, 4.69) is 0 Å². The first-order chi connectivity index (χ1) is 32.2. The Kier molecular flexibility index (Phi) is 2.13. The fourth-order valence-electron chi connectivity index (χ4n) is 5.25. The highest BCUT2D eigenvalue weighted by Gasteiger charge is 2.20. The number of hydrogen-bond donors (Lipinski definition) is 0. The van der Waals surface area contributed by atoms with Crippen LogP contribution in [0.25, 0.3) is 87.6 Å². The summed E-state index contributed by atoms with van der Waals surface area (Å²) in [7, 11) is 0. The fraction of sp³-hybridized carbons (Fsp3) is 0. The van der Waals surface area contributed by atoms with Gasteiger partial charge in [-0.25, -0.2) is 0 Å². The van der Waals surface area contributed by atoms with Gasteiger partial charge in [-0.3, -0.25) is 0 Å². The van der Waals surface area contributed by atoms with E-state index in [0.29, 0.717) is 0 Å². The minimum Gasteiger partial charge on any atom is -0.455 e. The molecule has 1 heterocycles. The van der Waals surface area contributed by atoms with Gasteiger partial charge >= 0.3 is 0 Å². The standard InChI is InChI=1S/C42H26O/c1-3-12-27(13-4-1)29-22-24-31-30(26-29)23-25-37-41-36(20-11-21-38(41)43-42(31)37)40-34-18-9-7-16-32(34)39(28-14-5-2-6-15-28)33-17-8-10-19-35(33)40/h1-26H/i1D,2D,3D,4D,5D,6D,7D,8D,9D,10D,11D,12D,13D,14D,15D,16D,17D,18D,19D,20D,21D,22D,23D,24D,25D,26D. The van der Waals surface area contributed by atoms with Crippen molar-refractivity contribution >= 4 is 54.3 Å². The largest absolute Gasteiger partial charge is 0.455 e. The molecule has 0 aliphatic heterocycles. The van der Waals surface area contributed by atoms with Crippen molar-refractivity contribution in [2.24, 2.45) is 0 Å². The Hall–Kier alpha value is -5.66. The first kappa shape index (κ1) is 9.69. The zero-order valence-corrected chi connectivity index (χ0v) is 21.4. The molecule has 1 aromatic heterocycles. The summed E-state index contributed by atoms with van der Waals surface area (Å²) in [5.41, 5.74) is -5.31. The summed E-state index contributed by atoms with van der Waals surface area (Å²) in [6, 6.07) is -23.4. The summed E-state index contributed by atoms with van der Waals surface area (Å²) in [4.78, 5) is 0. The fourth-order valence-corrected chi connectivity index (χ4v) is 5.25. The van der Waals surface area contributed by atoms with Crippen LogP contribution in [0, 0.1) is 0 Å². The number of benzene rings is 8. The molecule has 200 valence electrons. The van der Waals surface area contributed by atoms with E-state index >= 15 is 0 Å². The average Bonchev–Trinajstić information content (AvgIpc) is 3.72. The van der Waals surface area contributed by atoms with Gasteiger partial charge in [0, 0.05) is 16.2 Å². The van der Waals surface area contributed by atoms with Crippen LogP contribution in [0.5, 0.6) is 0 Å². The Morgan fingerprint density at radius 3 is 1.65 bits per heavy atom. The molecular weight excluding hydrogens is 520 g/mol. The van der Waals surface area contributed by atoms with Crippen LogP contribution in [0.4, 0.5) is 0 Å². The third kappa shape index (κ3) is 3.65. The Bertz CT molecular complexity index is 3830. The Morgan fingerprint density at radius 2 is 0.977 bits per heavy atom. The molecule has 0 saturated carbocycles. The maximum absolute atomic E-state index is 9.49. The average molecular weight is 573 g/mol. The van der Waals surface area contributed by atoms with Crippen LogP contribution in [0.15, 0.2) is 162 Å². The second-order valence-electron chi connectivity index (χ2n) is 9.26. The second-order valence-corrected chi connectivity index (χ2v) is 9.26. The lowest BCUT2D eigenvalue weighted by Crippen LogP contribution is -1.91. The van der Waals surface area contributed by atoms with E-state index in [0.717, 1.165) is 0 Å². The van der Waals surface area contributed by atoms with E-state index in [1.54, 1.807) is 0 Å². The smallest absolute Gasteiger partial charge is 0.143 e. The van der Waals surface area contributed by atoms with Crippen LogP contribution in [-0.2, 0) is 0 Å². The van der Waals surface area contributed by atoms with E-state index in [1.165, 1.54) is 0 Å². The molecule has 0 radical (unpaired) electrons. The molecule has 0 bridgehead atoms. The molecule has 0 fully saturated rings. The molecule has 1 heteroatoms. The van der Waals surface area contributed by atoms with E-state index in [4.69, 9.17) is 27.7 Å². The monoisotopic (exact) mass is 572 g/mol. The number of furan rings is 1. The molecule has 0 aliphatic carbocycles. The maximum Gasteiger partial charge on any atom is 0.143 e. The molecule has 0 amide bonds. The van der Waals surface area contributed by atoms with Gasteiger partial charge in [0.2, 0.25) is 0 Å². The molecule has 0 atom stereocenters. The number of rotatable bonds is 3. The SMILES string of the molecule is [2H]c1c([2H])c([2H])c(-c2c([2H])c([2H])c3c(c2[2H])c([2H])c([2H])c2c3oc3c([2H])c([2H])c([2H])c(-c4c5c([2H])c([2H])c([2H])c([2H])c5c(-c5c([2H])c([2H])c([2H])c([2H])c5[2H])c5c([2H])c([2H])c([2H])c([2H])c45)c32)c([2H])c1[2H]. The van der Waals surface area contributed by atoms with Crippen LogP contribution in [0.1, 0.15) is 35.6 Å². The van der Waals surface area contributed by atoms with E-state index in [-0.39, 0.29) is 0 Å². The van der Waals surface area contributed by atoms with Gasteiger partial charge in [-0.15, -0.1) is 0 Å². The quantitative estimate of drug-likeness (QED) is 0.192. The van der Waals surface area contributed by atoms with Crippen molar-refractivity contribution in [2.75, 3.05) is 0 Å². The highest BCUT2D eigenvalue weighted by atomic mass is 16.3. The number of fused-ring (bicyclic) bond motifs is 7. The van der Waals surface area contributed by atoms with Crippen LogP contribution in [0.2, 0.25) is 0 Å². The lowest BCUT2D eigenvalue weighted by Gasteiger charge is -2.18. The van der Waals surface area contributed by atoms with Gasteiger partial charge < -0.3 is 4.42 Å². The summed E-state index contributed by atoms with van der Waals surface area (Å²) in [6.07, 6.45) is 0. The van der Waals surface area contributed by atoms with E-state index in [1.807, 2.05) is 0 Å². The third-order valence-corrected chi connectivity index (χ3v) is 7.00. The lowest BCUT2D eigenvalue weighted by atomic mass is 9.85. The zero-order chi connectivity index (χ0) is 51.0. The summed E-state index contributed by atoms with van der Waals surface area (Å²) >= 11 is 0. The molecule has 0 N–H and O–H groups in total. The minimum atomic E-state index is -0.954. The number of hydrogen-bond acceptors (Lipinski definition) is 1. The van der Waals surface area contributed by atoms with Crippen molar-refractivity contribution in [1.82, 2.24) is 0 Å². The van der Waals surface area contributed by atoms with Crippen molar-refractivity contribution in [3.63, 3.8) is 0 Å². The maximum atomic E-state index is 9.49. The van der Waals surface area contributed by atoms with Gasteiger partial charge in [0.05, 0.1) is 35.6 Å². The first-order valence-electron chi connectivity index (χ1n) is 25.7. The highest BCUT2D eigenvalue weighted by Crippen LogP contribution is 2.47.